The van der Waals surface area contributed by atoms with Crippen LogP contribution in [0.15, 0.2) is 48.5 Å². The number of rotatable bonds is 4. The summed E-state index contributed by atoms with van der Waals surface area (Å²) in [5, 5.41) is 8.48. The molecule has 0 aliphatic carbocycles. The van der Waals surface area contributed by atoms with E-state index in [1.165, 1.54) is 5.56 Å². The van der Waals surface area contributed by atoms with Gasteiger partial charge in [0.1, 0.15) is 11.4 Å². The van der Waals surface area contributed by atoms with Crippen LogP contribution in [0.5, 0.6) is 5.75 Å². The molecule has 3 aromatic rings. The Morgan fingerprint density at radius 2 is 1.95 bits per heavy atom. The number of nitrogens with zero attached hydrogens (tertiary/aromatic N) is 3. The predicted molar refractivity (Wildman–Crippen MR) is 87.6 cm³/mol. The van der Waals surface area contributed by atoms with Crippen molar-refractivity contribution in [2.75, 3.05) is 7.11 Å². The lowest BCUT2D eigenvalue weighted by Gasteiger charge is -2.09. The average molecular weight is 314 g/mol. The Bertz CT molecular complexity index is 798. The van der Waals surface area contributed by atoms with E-state index in [1.807, 2.05) is 36.4 Å². The molecule has 0 saturated heterocycles. The van der Waals surface area contributed by atoms with E-state index < -0.39 is 0 Å². The number of alkyl halides is 1. The number of methoxy groups -OCH3 is 1. The Morgan fingerprint density at radius 3 is 2.68 bits per heavy atom. The fraction of sp³-hybridized carbons (Fsp3) is 0.176. The monoisotopic (exact) mass is 313 g/mol. The van der Waals surface area contributed by atoms with Crippen molar-refractivity contribution in [2.45, 2.75) is 12.8 Å². The van der Waals surface area contributed by atoms with Gasteiger partial charge in [0.05, 0.1) is 24.4 Å². The first-order valence-corrected chi connectivity index (χ1v) is 7.48. The summed E-state index contributed by atoms with van der Waals surface area (Å²) in [5.74, 6) is 1.09. The third-order valence-corrected chi connectivity index (χ3v) is 3.71. The van der Waals surface area contributed by atoms with Crippen molar-refractivity contribution in [3.8, 4) is 22.7 Å². The minimum Gasteiger partial charge on any atom is -0.497 e. The molecule has 0 atom stereocenters. The first-order valence-electron chi connectivity index (χ1n) is 6.95. The van der Waals surface area contributed by atoms with Gasteiger partial charge in [-0.25, -0.2) is 4.68 Å². The maximum Gasteiger partial charge on any atom is 0.121 e. The van der Waals surface area contributed by atoms with Crippen molar-refractivity contribution in [3.05, 3.63) is 59.8 Å². The van der Waals surface area contributed by atoms with Gasteiger partial charge in [-0.3, -0.25) is 0 Å². The van der Waals surface area contributed by atoms with Crippen LogP contribution in [0.1, 0.15) is 11.3 Å². The second-order valence-corrected chi connectivity index (χ2v) is 5.27. The molecule has 22 heavy (non-hydrogen) atoms. The highest BCUT2D eigenvalue weighted by Gasteiger charge is 2.16. The van der Waals surface area contributed by atoms with Gasteiger partial charge in [0.25, 0.3) is 0 Å². The van der Waals surface area contributed by atoms with E-state index in [4.69, 9.17) is 16.3 Å². The van der Waals surface area contributed by atoms with Crippen LogP contribution in [-0.2, 0) is 5.88 Å². The van der Waals surface area contributed by atoms with Gasteiger partial charge in [-0.1, -0.05) is 35.0 Å². The molecule has 1 heterocycles. The number of aryl methyl sites for hydroxylation is 1. The van der Waals surface area contributed by atoms with Crippen molar-refractivity contribution < 1.29 is 4.74 Å². The van der Waals surface area contributed by atoms with Gasteiger partial charge in [0.15, 0.2) is 0 Å². The molecular weight excluding hydrogens is 298 g/mol. The molecule has 112 valence electrons. The Morgan fingerprint density at radius 1 is 1.14 bits per heavy atom. The topological polar surface area (TPSA) is 39.9 Å². The summed E-state index contributed by atoms with van der Waals surface area (Å²) in [7, 11) is 1.64. The highest BCUT2D eigenvalue weighted by Crippen LogP contribution is 2.28. The van der Waals surface area contributed by atoms with Gasteiger partial charge >= 0.3 is 0 Å². The summed E-state index contributed by atoms with van der Waals surface area (Å²) in [4.78, 5) is 0. The molecule has 0 radical (unpaired) electrons. The van der Waals surface area contributed by atoms with Crippen LogP contribution in [0, 0.1) is 6.92 Å². The normalized spacial score (nSPS) is 10.7. The van der Waals surface area contributed by atoms with Crippen LogP contribution in [-0.4, -0.2) is 22.1 Å². The lowest BCUT2D eigenvalue weighted by atomic mass is 10.1. The van der Waals surface area contributed by atoms with E-state index >= 15 is 0 Å². The van der Waals surface area contributed by atoms with E-state index in [-0.39, 0.29) is 0 Å². The van der Waals surface area contributed by atoms with Crippen molar-refractivity contribution in [2.24, 2.45) is 0 Å². The lowest BCUT2D eigenvalue weighted by Crippen LogP contribution is -2.00. The lowest BCUT2D eigenvalue weighted by molar-refractivity contribution is 0.414. The molecule has 0 amide bonds. The van der Waals surface area contributed by atoms with E-state index in [1.54, 1.807) is 11.8 Å². The van der Waals surface area contributed by atoms with Gasteiger partial charge in [0.2, 0.25) is 0 Å². The smallest absolute Gasteiger partial charge is 0.121 e. The van der Waals surface area contributed by atoms with Gasteiger partial charge in [-0.05, 0) is 25.1 Å². The third-order valence-electron chi connectivity index (χ3n) is 3.46. The predicted octanol–water partition coefficient (Wildman–Crippen LogP) is 3.99. The van der Waals surface area contributed by atoms with Gasteiger partial charge in [-0.2, -0.15) is 0 Å². The molecule has 0 N–H and O–H groups in total. The minimum absolute atomic E-state index is 0.313. The number of hydrogen-bond donors (Lipinski definition) is 0. The number of hydrogen-bond acceptors (Lipinski definition) is 3. The van der Waals surface area contributed by atoms with Crippen LogP contribution in [0.2, 0.25) is 0 Å². The number of benzene rings is 2. The second-order valence-electron chi connectivity index (χ2n) is 5.00. The van der Waals surface area contributed by atoms with E-state index in [0.717, 1.165) is 28.4 Å². The van der Waals surface area contributed by atoms with Gasteiger partial charge < -0.3 is 4.74 Å². The molecule has 3 rings (SSSR count). The van der Waals surface area contributed by atoms with E-state index in [9.17, 15) is 0 Å². The molecule has 2 aromatic carbocycles. The van der Waals surface area contributed by atoms with Crippen molar-refractivity contribution in [3.63, 3.8) is 0 Å². The molecule has 5 heteroatoms. The standard InChI is InChI=1S/C17H16ClN3O/c1-12-5-3-6-13(9-12)17-16(11-18)19-20-21(17)14-7-4-8-15(10-14)22-2/h3-10H,11H2,1-2H3. The highest BCUT2D eigenvalue weighted by atomic mass is 35.5. The molecule has 1 aromatic heterocycles. The highest BCUT2D eigenvalue weighted by molar-refractivity contribution is 6.17. The Kier molecular flexibility index (Phi) is 4.11. The summed E-state index contributed by atoms with van der Waals surface area (Å²) < 4.78 is 7.09. The summed E-state index contributed by atoms with van der Waals surface area (Å²) in [5.41, 5.74) is 4.78. The van der Waals surface area contributed by atoms with E-state index in [0.29, 0.717) is 5.88 Å². The molecule has 0 spiro atoms. The summed E-state index contributed by atoms with van der Waals surface area (Å²) in [6, 6.07) is 15.9. The first-order chi connectivity index (χ1) is 10.7. The summed E-state index contributed by atoms with van der Waals surface area (Å²) >= 11 is 6.04. The van der Waals surface area contributed by atoms with Gasteiger partial charge in [-0.15, -0.1) is 16.7 Å². The summed E-state index contributed by atoms with van der Waals surface area (Å²) in [6.45, 7) is 2.06. The molecule has 0 unspecified atom stereocenters. The van der Waals surface area contributed by atoms with Crippen LogP contribution in [0.4, 0.5) is 0 Å². The second kappa shape index (κ2) is 6.20. The van der Waals surface area contributed by atoms with Crippen molar-refractivity contribution >= 4 is 11.6 Å². The molecule has 0 aliphatic heterocycles. The number of aromatic nitrogens is 3. The minimum atomic E-state index is 0.313. The third kappa shape index (κ3) is 2.70. The molecule has 0 fully saturated rings. The zero-order valence-corrected chi connectivity index (χ0v) is 13.2. The molecule has 4 nitrogen and oxygen atoms in total. The zero-order chi connectivity index (χ0) is 15.5. The van der Waals surface area contributed by atoms with Crippen molar-refractivity contribution in [1.82, 2.24) is 15.0 Å². The summed E-state index contributed by atoms with van der Waals surface area (Å²) in [6.07, 6.45) is 0. The average Bonchev–Trinajstić information content (AvgIpc) is 2.99. The fourth-order valence-corrected chi connectivity index (χ4v) is 2.59. The number of ether oxygens (including phenoxy) is 1. The molecule has 0 aliphatic rings. The van der Waals surface area contributed by atoms with Crippen LogP contribution >= 0.6 is 11.6 Å². The van der Waals surface area contributed by atoms with Gasteiger partial charge in [0, 0.05) is 11.6 Å². The maximum atomic E-state index is 6.04. The van der Waals surface area contributed by atoms with Crippen LogP contribution < -0.4 is 4.74 Å². The van der Waals surface area contributed by atoms with E-state index in [2.05, 4.69) is 29.4 Å². The Hall–Kier alpha value is -2.33. The first kappa shape index (κ1) is 14.6. The Balaban J connectivity index is 2.19. The van der Waals surface area contributed by atoms with Crippen molar-refractivity contribution in [1.29, 1.82) is 0 Å². The molecule has 0 bridgehead atoms. The fourth-order valence-electron chi connectivity index (χ4n) is 2.41. The molecule has 0 saturated carbocycles. The van der Waals surface area contributed by atoms with Crippen LogP contribution in [0.3, 0.4) is 0 Å². The van der Waals surface area contributed by atoms with Crippen LogP contribution in [0.25, 0.3) is 16.9 Å². The molecular formula is C17H16ClN3O. The quantitative estimate of drug-likeness (QED) is 0.684. The maximum absolute atomic E-state index is 6.04. The SMILES string of the molecule is COc1cccc(-n2nnc(CCl)c2-c2cccc(C)c2)c1. The number of halogens is 1. The zero-order valence-electron chi connectivity index (χ0n) is 12.5. The largest absolute Gasteiger partial charge is 0.497 e. The Labute approximate surface area is 134 Å².